The van der Waals surface area contributed by atoms with Crippen molar-refractivity contribution in [2.45, 2.75) is 6.54 Å². The molecule has 8 heteroatoms. The third-order valence-electron chi connectivity index (χ3n) is 4.20. The molecule has 0 unspecified atom stereocenters. The number of methoxy groups -OCH3 is 3. The van der Waals surface area contributed by atoms with E-state index in [1.54, 1.807) is 43.1 Å². The van der Waals surface area contributed by atoms with Gasteiger partial charge in [-0.3, -0.25) is 4.79 Å². The van der Waals surface area contributed by atoms with Crippen LogP contribution >= 0.6 is 11.3 Å². The first-order chi connectivity index (χ1) is 14.0. The molecule has 1 heterocycles. The highest BCUT2D eigenvalue weighted by Crippen LogP contribution is 2.33. The third kappa shape index (κ3) is 3.86. The van der Waals surface area contributed by atoms with Crippen molar-refractivity contribution >= 4 is 33.4 Å². The lowest BCUT2D eigenvalue weighted by atomic mass is 10.1. The van der Waals surface area contributed by atoms with Crippen LogP contribution in [0, 0.1) is 12.3 Å². The maximum Gasteiger partial charge on any atom is 0.338 e. The van der Waals surface area contributed by atoms with E-state index in [1.165, 1.54) is 30.6 Å². The Balaban J connectivity index is 2.20. The van der Waals surface area contributed by atoms with Gasteiger partial charge in [0.1, 0.15) is 0 Å². The fourth-order valence-electron chi connectivity index (χ4n) is 2.83. The Hall–Kier alpha value is -3.57. The second-order valence-corrected chi connectivity index (χ2v) is 6.81. The number of hydrogen-bond donors (Lipinski definition) is 0. The van der Waals surface area contributed by atoms with Crippen molar-refractivity contribution in [3.05, 3.63) is 52.3 Å². The van der Waals surface area contributed by atoms with E-state index in [4.69, 9.17) is 20.6 Å². The van der Waals surface area contributed by atoms with Gasteiger partial charge in [-0.2, -0.15) is 4.99 Å². The number of rotatable bonds is 5. The van der Waals surface area contributed by atoms with Gasteiger partial charge in [-0.25, -0.2) is 4.79 Å². The van der Waals surface area contributed by atoms with Crippen LogP contribution in [-0.2, 0) is 11.3 Å². The maximum atomic E-state index is 12.9. The molecule has 29 heavy (non-hydrogen) atoms. The molecule has 2 aromatic carbocycles. The Morgan fingerprint density at radius 3 is 2.38 bits per heavy atom. The van der Waals surface area contributed by atoms with Crippen LogP contribution in [0.25, 0.3) is 10.2 Å². The van der Waals surface area contributed by atoms with Gasteiger partial charge >= 0.3 is 5.97 Å². The van der Waals surface area contributed by atoms with Crippen LogP contribution in [0.2, 0.25) is 0 Å². The molecule has 148 valence electrons. The summed E-state index contributed by atoms with van der Waals surface area (Å²) in [5.74, 6) is 2.50. The summed E-state index contributed by atoms with van der Waals surface area (Å²) in [6, 6.07) is 9.95. The predicted molar refractivity (Wildman–Crippen MR) is 109 cm³/mol. The number of carbonyl (C=O) groups excluding carboxylic acids is 2. The molecule has 0 radical (unpaired) electrons. The first kappa shape index (κ1) is 20.2. The summed E-state index contributed by atoms with van der Waals surface area (Å²) in [7, 11) is 4.35. The van der Waals surface area contributed by atoms with E-state index < -0.39 is 11.9 Å². The minimum Gasteiger partial charge on any atom is -0.493 e. The number of esters is 1. The second-order valence-electron chi connectivity index (χ2n) is 5.80. The quantitative estimate of drug-likeness (QED) is 0.477. The minimum absolute atomic E-state index is 0.150. The lowest BCUT2D eigenvalue weighted by Gasteiger charge is -2.08. The normalized spacial score (nSPS) is 11.2. The van der Waals surface area contributed by atoms with Gasteiger partial charge in [-0.05, 0) is 12.1 Å². The van der Waals surface area contributed by atoms with Crippen molar-refractivity contribution in [3.63, 3.8) is 0 Å². The number of amides is 1. The number of nitrogens with zero attached hydrogens (tertiary/aromatic N) is 2. The zero-order valence-corrected chi connectivity index (χ0v) is 16.9. The molecule has 0 fully saturated rings. The van der Waals surface area contributed by atoms with E-state index in [0.717, 1.165) is 10.2 Å². The van der Waals surface area contributed by atoms with Gasteiger partial charge in [0, 0.05) is 12.1 Å². The Bertz CT molecular complexity index is 1200. The molecule has 0 aliphatic heterocycles. The average Bonchev–Trinajstić information content (AvgIpc) is 3.08. The standard InChI is InChI=1S/C21H18N2O5S/c1-5-10-23-15-11-16(26-2)17(27-3)12-18(15)29-21(23)22-19(24)13-8-6-7-9-14(13)20(25)28-4/h1,6-9,11-12H,10H2,2-4H3. The van der Waals surface area contributed by atoms with Crippen LogP contribution < -0.4 is 14.3 Å². The average molecular weight is 410 g/mol. The number of terminal acetylenes is 1. The largest absolute Gasteiger partial charge is 0.493 e. The molecular weight excluding hydrogens is 392 g/mol. The topological polar surface area (TPSA) is 79.1 Å². The summed E-state index contributed by atoms with van der Waals surface area (Å²) < 4.78 is 18.0. The van der Waals surface area contributed by atoms with Crippen molar-refractivity contribution in [1.82, 2.24) is 4.57 Å². The van der Waals surface area contributed by atoms with E-state index in [2.05, 4.69) is 10.9 Å². The van der Waals surface area contributed by atoms with Gasteiger partial charge in [0.2, 0.25) is 0 Å². The minimum atomic E-state index is -0.605. The van der Waals surface area contributed by atoms with Crippen molar-refractivity contribution in [2.24, 2.45) is 4.99 Å². The number of thiazole rings is 1. The first-order valence-electron chi connectivity index (χ1n) is 8.49. The van der Waals surface area contributed by atoms with Crippen LogP contribution in [0.4, 0.5) is 0 Å². The predicted octanol–water partition coefficient (Wildman–Crippen LogP) is 2.88. The number of benzene rings is 2. The van der Waals surface area contributed by atoms with Crippen molar-refractivity contribution in [3.8, 4) is 23.8 Å². The van der Waals surface area contributed by atoms with Gasteiger partial charge in [-0.1, -0.05) is 29.4 Å². The molecule has 0 aliphatic carbocycles. The van der Waals surface area contributed by atoms with E-state index in [9.17, 15) is 9.59 Å². The Kier molecular flexibility index (Phi) is 6.00. The zero-order chi connectivity index (χ0) is 21.0. The maximum absolute atomic E-state index is 12.9. The van der Waals surface area contributed by atoms with Crippen LogP contribution in [0.3, 0.4) is 0 Å². The van der Waals surface area contributed by atoms with E-state index >= 15 is 0 Å². The van der Waals surface area contributed by atoms with Gasteiger partial charge < -0.3 is 18.8 Å². The highest BCUT2D eigenvalue weighted by atomic mass is 32.1. The number of ether oxygens (including phenoxy) is 3. The molecule has 0 bridgehead atoms. The number of aromatic nitrogens is 1. The lowest BCUT2D eigenvalue weighted by molar-refractivity contribution is 0.0597. The lowest BCUT2D eigenvalue weighted by Crippen LogP contribution is -2.17. The van der Waals surface area contributed by atoms with Crippen LogP contribution in [0.1, 0.15) is 20.7 Å². The Morgan fingerprint density at radius 1 is 1.10 bits per heavy atom. The monoisotopic (exact) mass is 410 g/mol. The van der Waals surface area contributed by atoms with Crippen LogP contribution in [0.15, 0.2) is 41.4 Å². The molecular formula is C21H18N2O5S. The number of hydrogen-bond acceptors (Lipinski definition) is 6. The third-order valence-corrected chi connectivity index (χ3v) is 5.24. The van der Waals surface area contributed by atoms with Gasteiger partial charge in [-0.15, -0.1) is 6.42 Å². The molecule has 1 aromatic heterocycles. The molecule has 1 amide bonds. The summed E-state index contributed by atoms with van der Waals surface area (Å²) in [4.78, 5) is 29.5. The number of carbonyl (C=O) groups is 2. The Morgan fingerprint density at radius 2 is 1.76 bits per heavy atom. The first-order valence-corrected chi connectivity index (χ1v) is 9.31. The van der Waals surface area contributed by atoms with Crippen molar-refractivity contribution < 1.29 is 23.8 Å². The molecule has 0 N–H and O–H groups in total. The summed E-state index contributed by atoms with van der Waals surface area (Å²) in [6.07, 6.45) is 5.52. The van der Waals surface area contributed by atoms with Crippen LogP contribution in [0.5, 0.6) is 11.5 Å². The van der Waals surface area contributed by atoms with E-state index in [1.807, 2.05) is 0 Å². The smallest absolute Gasteiger partial charge is 0.338 e. The number of fused-ring (bicyclic) bond motifs is 1. The summed E-state index contributed by atoms with van der Waals surface area (Å²) in [6.45, 7) is 0.209. The molecule has 7 nitrogen and oxygen atoms in total. The van der Waals surface area contributed by atoms with Crippen molar-refractivity contribution in [1.29, 1.82) is 0 Å². The SMILES string of the molecule is C#CCn1c(=NC(=O)c2ccccc2C(=O)OC)sc2cc(OC)c(OC)cc21. The molecule has 0 saturated heterocycles. The van der Waals surface area contributed by atoms with Gasteiger partial charge in [0.15, 0.2) is 16.3 Å². The fourth-order valence-corrected chi connectivity index (χ4v) is 3.87. The molecule has 0 spiro atoms. The second kappa shape index (κ2) is 8.63. The molecule has 0 saturated carbocycles. The highest BCUT2D eigenvalue weighted by molar-refractivity contribution is 7.16. The van der Waals surface area contributed by atoms with Crippen molar-refractivity contribution in [2.75, 3.05) is 21.3 Å². The van der Waals surface area contributed by atoms with Gasteiger partial charge in [0.25, 0.3) is 5.91 Å². The molecule has 3 rings (SSSR count). The van der Waals surface area contributed by atoms with E-state index in [0.29, 0.717) is 16.3 Å². The highest BCUT2D eigenvalue weighted by Gasteiger charge is 2.18. The summed E-state index contributed by atoms with van der Waals surface area (Å²) in [5.41, 5.74) is 1.06. The van der Waals surface area contributed by atoms with Crippen LogP contribution in [-0.4, -0.2) is 37.8 Å². The molecule has 0 atom stereocenters. The van der Waals surface area contributed by atoms with Gasteiger partial charge in [0.05, 0.1) is 49.2 Å². The summed E-state index contributed by atoms with van der Waals surface area (Å²) >= 11 is 1.28. The fraction of sp³-hybridized carbons (Fsp3) is 0.190. The summed E-state index contributed by atoms with van der Waals surface area (Å²) in [5, 5.41) is 0. The zero-order valence-electron chi connectivity index (χ0n) is 16.1. The van der Waals surface area contributed by atoms with E-state index in [-0.39, 0.29) is 17.7 Å². The molecule has 3 aromatic rings. The molecule has 0 aliphatic rings. The Labute approximate surface area is 171 Å².